The highest BCUT2D eigenvalue weighted by Crippen LogP contribution is 2.28. The van der Waals surface area contributed by atoms with Crippen LogP contribution < -0.4 is 5.32 Å². The number of hydrogen-bond donors (Lipinski definition) is 1. The molecule has 0 spiro atoms. The molecule has 1 aliphatic rings. The molecule has 0 bridgehead atoms. The minimum atomic E-state index is -3.91. The summed E-state index contributed by atoms with van der Waals surface area (Å²) in [6.45, 7) is 2.59. The summed E-state index contributed by atoms with van der Waals surface area (Å²) in [6.07, 6.45) is -0.470. The number of aromatic nitrogens is 2. The van der Waals surface area contributed by atoms with Gasteiger partial charge < -0.3 is 9.64 Å². The van der Waals surface area contributed by atoms with Gasteiger partial charge in [0.25, 0.3) is 5.91 Å². The maximum Gasteiger partial charge on any atom is 0.409 e. The predicted octanol–water partition coefficient (Wildman–Crippen LogP) is 3.57. The number of amides is 2. The lowest BCUT2D eigenvalue weighted by molar-refractivity contribution is 0.0933. The van der Waals surface area contributed by atoms with Crippen molar-refractivity contribution in [1.29, 1.82) is 0 Å². The highest BCUT2D eigenvalue weighted by atomic mass is 35.5. The van der Waals surface area contributed by atoms with E-state index >= 15 is 0 Å². The number of carbonyl (C=O) groups is 2. The fourth-order valence-electron chi connectivity index (χ4n) is 3.45. The number of carbonyl (C=O) groups excluding carboxylic acids is 2. The topological polar surface area (TPSA) is 122 Å². The van der Waals surface area contributed by atoms with Gasteiger partial charge in [0, 0.05) is 31.7 Å². The number of piperazine rings is 1. The first-order chi connectivity index (χ1) is 16.8. The van der Waals surface area contributed by atoms with Crippen LogP contribution >= 0.6 is 22.9 Å². The Morgan fingerprint density at radius 2 is 1.80 bits per heavy atom. The summed E-state index contributed by atoms with van der Waals surface area (Å²) in [4.78, 5) is 26.2. The van der Waals surface area contributed by atoms with E-state index in [1.165, 1.54) is 38.7 Å². The molecule has 1 N–H and O–H groups in total. The van der Waals surface area contributed by atoms with Gasteiger partial charge in [0.15, 0.2) is 0 Å². The van der Waals surface area contributed by atoms with Crippen molar-refractivity contribution in [3.8, 4) is 10.6 Å². The SMILES string of the molecule is CCOC(=O)N1CCN(S(=O)(=O)c2ccc(Cl)c(C(=O)Nc3nnc(-c4ccccc4)s3)c2)CC1. The van der Waals surface area contributed by atoms with E-state index < -0.39 is 22.0 Å². The average Bonchev–Trinajstić information content (AvgIpc) is 3.33. The first-order valence-electron chi connectivity index (χ1n) is 10.7. The van der Waals surface area contributed by atoms with Crippen LogP contribution in [0.25, 0.3) is 10.6 Å². The lowest BCUT2D eigenvalue weighted by Gasteiger charge is -2.33. The van der Waals surface area contributed by atoms with Crippen LogP contribution in [0.4, 0.5) is 9.93 Å². The van der Waals surface area contributed by atoms with E-state index in [0.717, 1.165) is 5.56 Å². The smallest absolute Gasteiger partial charge is 0.409 e. The summed E-state index contributed by atoms with van der Waals surface area (Å²) in [7, 11) is -3.91. The molecule has 0 atom stereocenters. The van der Waals surface area contributed by atoms with Crippen molar-refractivity contribution >= 4 is 50.1 Å². The van der Waals surface area contributed by atoms with Gasteiger partial charge in [0.2, 0.25) is 15.2 Å². The fraction of sp³-hybridized carbons (Fsp3) is 0.273. The molecule has 2 heterocycles. The van der Waals surface area contributed by atoms with Gasteiger partial charge in [-0.15, -0.1) is 10.2 Å². The van der Waals surface area contributed by atoms with Crippen LogP contribution in [0.1, 0.15) is 17.3 Å². The second-order valence-electron chi connectivity index (χ2n) is 7.46. The Labute approximate surface area is 211 Å². The third kappa shape index (κ3) is 5.61. The number of ether oxygens (including phenoxy) is 1. The Bertz CT molecular complexity index is 1330. The van der Waals surface area contributed by atoms with Crippen LogP contribution in [0.2, 0.25) is 5.02 Å². The van der Waals surface area contributed by atoms with Crippen LogP contribution in [0.5, 0.6) is 0 Å². The van der Waals surface area contributed by atoms with E-state index in [4.69, 9.17) is 16.3 Å². The Hall–Kier alpha value is -3.06. The van der Waals surface area contributed by atoms with Crippen LogP contribution in [0.3, 0.4) is 0 Å². The third-order valence-electron chi connectivity index (χ3n) is 5.25. The number of benzene rings is 2. The van der Waals surface area contributed by atoms with E-state index in [1.807, 2.05) is 30.3 Å². The second kappa shape index (κ2) is 10.7. The molecule has 13 heteroatoms. The van der Waals surface area contributed by atoms with Gasteiger partial charge >= 0.3 is 6.09 Å². The molecule has 35 heavy (non-hydrogen) atoms. The highest BCUT2D eigenvalue weighted by Gasteiger charge is 2.31. The summed E-state index contributed by atoms with van der Waals surface area (Å²) in [5, 5.41) is 11.7. The lowest BCUT2D eigenvalue weighted by Crippen LogP contribution is -2.50. The van der Waals surface area contributed by atoms with E-state index in [1.54, 1.807) is 6.92 Å². The zero-order valence-corrected chi connectivity index (χ0v) is 21.1. The van der Waals surface area contributed by atoms with Crippen molar-refractivity contribution in [3.05, 3.63) is 59.1 Å². The van der Waals surface area contributed by atoms with Gasteiger partial charge in [-0.2, -0.15) is 4.31 Å². The van der Waals surface area contributed by atoms with Crippen LogP contribution in [-0.4, -0.2) is 72.6 Å². The van der Waals surface area contributed by atoms with Crippen molar-refractivity contribution in [2.75, 3.05) is 38.1 Å². The molecule has 0 aliphatic carbocycles. The van der Waals surface area contributed by atoms with Crippen molar-refractivity contribution in [1.82, 2.24) is 19.4 Å². The number of halogens is 1. The molecule has 0 unspecified atom stereocenters. The van der Waals surface area contributed by atoms with Crippen LogP contribution in [-0.2, 0) is 14.8 Å². The largest absolute Gasteiger partial charge is 0.450 e. The van der Waals surface area contributed by atoms with Crippen LogP contribution in [0.15, 0.2) is 53.4 Å². The van der Waals surface area contributed by atoms with Crippen LogP contribution in [0, 0.1) is 0 Å². The maximum atomic E-state index is 13.2. The third-order valence-corrected chi connectivity index (χ3v) is 8.36. The summed E-state index contributed by atoms with van der Waals surface area (Å²) >= 11 is 7.41. The molecule has 184 valence electrons. The van der Waals surface area contributed by atoms with Gasteiger partial charge in [-0.1, -0.05) is 53.3 Å². The molecule has 1 fully saturated rings. The molecule has 0 radical (unpaired) electrons. The van der Waals surface area contributed by atoms with E-state index in [9.17, 15) is 18.0 Å². The second-order valence-corrected chi connectivity index (χ2v) is 10.8. The van der Waals surface area contributed by atoms with Crippen molar-refractivity contribution in [3.63, 3.8) is 0 Å². The molecule has 1 aromatic heterocycles. The van der Waals surface area contributed by atoms with E-state index in [2.05, 4.69) is 15.5 Å². The number of sulfonamides is 1. The molecule has 0 saturated carbocycles. The van der Waals surface area contributed by atoms with Crippen molar-refractivity contribution in [2.24, 2.45) is 0 Å². The first-order valence-corrected chi connectivity index (χ1v) is 13.3. The summed E-state index contributed by atoms with van der Waals surface area (Å²) < 4.78 is 32.6. The van der Waals surface area contributed by atoms with Gasteiger partial charge in [0.1, 0.15) is 5.01 Å². The van der Waals surface area contributed by atoms with Gasteiger partial charge in [0.05, 0.1) is 22.1 Å². The van der Waals surface area contributed by atoms with Gasteiger partial charge in [-0.05, 0) is 25.1 Å². The Morgan fingerprint density at radius 1 is 1.09 bits per heavy atom. The zero-order valence-electron chi connectivity index (χ0n) is 18.7. The highest BCUT2D eigenvalue weighted by molar-refractivity contribution is 7.89. The average molecular weight is 536 g/mol. The van der Waals surface area contributed by atoms with Crippen molar-refractivity contribution in [2.45, 2.75) is 11.8 Å². The molecule has 1 saturated heterocycles. The summed E-state index contributed by atoms with van der Waals surface area (Å²) in [5.74, 6) is -0.602. The van der Waals surface area contributed by atoms with Crippen molar-refractivity contribution < 1.29 is 22.7 Å². The Balaban J connectivity index is 1.48. The summed E-state index contributed by atoms with van der Waals surface area (Å²) in [6, 6.07) is 13.3. The minimum absolute atomic E-state index is 0.00522. The predicted molar refractivity (Wildman–Crippen MR) is 132 cm³/mol. The Morgan fingerprint density at radius 3 is 2.49 bits per heavy atom. The van der Waals surface area contributed by atoms with E-state index in [0.29, 0.717) is 5.01 Å². The molecule has 1 aliphatic heterocycles. The normalized spacial score (nSPS) is 14.5. The first kappa shape index (κ1) is 25.0. The number of anilines is 1. The minimum Gasteiger partial charge on any atom is -0.450 e. The molecule has 10 nitrogen and oxygen atoms in total. The number of nitrogens with zero attached hydrogens (tertiary/aromatic N) is 4. The molecule has 2 amide bonds. The van der Waals surface area contributed by atoms with Gasteiger partial charge in [-0.3, -0.25) is 10.1 Å². The number of rotatable bonds is 6. The molecule has 3 aromatic rings. The Kier molecular flexibility index (Phi) is 7.65. The maximum absolute atomic E-state index is 13.2. The fourth-order valence-corrected chi connectivity index (χ4v) is 5.85. The summed E-state index contributed by atoms with van der Waals surface area (Å²) in [5.41, 5.74) is 0.856. The van der Waals surface area contributed by atoms with E-state index in [-0.39, 0.29) is 53.4 Å². The zero-order chi connectivity index (χ0) is 25.0. The van der Waals surface area contributed by atoms with Gasteiger partial charge in [-0.25, -0.2) is 13.2 Å². The number of nitrogens with one attached hydrogen (secondary N) is 1. The monoisotopic (exact) mass is 535 g/mol. The molecular weight excluding hydrogens is 514 g/mol. The quantitative estimate of drug-likeness (QED) is 0.512. The lowest BCUT2D eigenvalue weighted by atomic mass is 10.2. The molecule has 4 rings (SSSR count). The number of hydrogen-bond acceptors (Lipinski definition) is 8. The molecule has 2 aromatic carbocycles. The standard InChI is InChI=1S/C22H22ClN5O5S2/c1-2-33-22(30)27-10-12-28(13-11-27)35(31,32)16-8-9-18(23)17(14-16)19(29)24-21-26-25-20(34-21)15-6-4-3-5-7-15/h3-9,14H,2,10-13H2,1H3,(H,24,26,29). The molecular formula is C22H22ClN5O5S2.